The van der Waals surface area contributed by atoms with Gasteiger partial charge >= 0.3 is 0 Å². The summed E-state index contributed by atoms with van der Waals surface area (Å²) in [5.41, 5.74) is 1.22. The Bertz CT molecular complexity index is 299. The van der Waals surface area contributed by atoms with Gasteiger partial charge in [-0.15, -0.1) is 0 Å². The van der Waals surface area contributed by atoms with E-state index in [0.29, 0.717) is 5.92 Å². The van der Waals surface area contributed by atoms with Gasteiger partial charge in [0.25, 0.3) is 0 Å². The fourth-order valence-corrected chi connectivity index (χ4v) is 1.85. The van der Waals surface area contributed by atoms with Crippen LogP contribution < -0.4 is 0 Å². The van der Waals surface area contributed by atoms with Gasteiger partial charge in [0.2, 0.25) is 0 Å². The molecule has 1 heterocycles. The molecule has 58 valence electrons. The molecule has 0 spiro atoms. The molecule has 0 radical (unpaired) electrons. The van der Waals surface area contributed by atoms with Crippen LogP contribution in [0.25, 0.3) is 6.08 Å². The Kier molecular flexibility index (Phi) is 1.64. The topological polar surface area (TPSA) is 13.1 Å². The molecule has 0 fully saturated rings. The van der Waals surface area contributed by atoms with Crippen LogP contribution in [0.5, 0.6) is 0 Å². The second-order valence-electron chi connectivity index (χ2n) is 2.74. The van der Waals surface area contributed by atoms with E-state index in [-0.39, 0.29) is 0 Å². The van der Waals surface area contributed by atoms with Crippen molar-refractivity contribution in [2.45, 2.75) is 19.3 Å². The molecule has 0 aliphatic heterocycles. The third-order valence-electron chi connectivity index (χ3n) is 2.08. The summed E-state index contributed by atoms with van der Waals surface area (Å²) in [6.07, 6.45) is 7.19. The molecule has 1 aromatic rings. The van der Waals surface area contributed by atoms with Crippen LogP contribution in [-0.2, 0) is 0 Å². The van der Waals surface area contributed by atoms with Gasteiger partial charge in [-0.2, -0.15) is 0 Å². The van der Waals surface area contributed by atoms with Crippen molar-refractivity contribution in [1.82, 2.24) is 0 Å². The molecule has 11 heavy (non-hydrogen) atoms. The van der Waals surface area contributed by atoms with Crippen molar-refractivity contribution in [3.8, 4) is 0 Å². The molecule has 1 atom stereocenters. The Morgan fingerprint density at radius 1 is 1.64 bits per heavy atom. The van der Waals surface area contributed by atoms with E-state index in [0.717, 1.165) is 16.7 Å². The average molecular weight is 213 g/mol. The first-order chi connectivity index (χ1) is 5.33. The predicted molar refractivity (Wildman–Crippen MR) is 48.5 cm³/mol. The zero-order valence-corrected chi connectivity index (χ0v) is 7.89. The summed E-state index contributed by atoms with van der Waals surface area (Å²) in [4.78, 5) is 0. The highest BCUT2D eigenvalue weighted by Gasteiger charge is 2.21. The maximum atomic E-state index is 5.40. The van der Waals surface area contributed by atoms with Crippen LogP contribution in [0.4, 0.5) is 0 Å². The van der Waals surface area contributed by atoms with Crippen LogP contribution in [0.15, 0.2) is 21.2 Å². The third-order valence-corrected chi connectivity index (χ3v) is 2.70. The predicted octanol–water partition coefficient (Wildman–Crippen LogP) is 3.56. The quantitative estimate of drug-likeness (QED) is 0.695. The maximum absolute atomic E-state index is 5.40. The number of halogens is 1. The van der Waals surface area contributed by atoms with E-state index in [2.05, 4.69) is 35.0 Å². The molecule has 2 heteroatoms. The summed E-state index contributed by atoms with van der Waals surface area (Å²) < 4.78 is 6.47. The lowest BCUT2D eigenvalue weighted by molar-refractivity contribution is 0.488. The van der Waals surface area contributed by atoms with Gasteiger partial charge in [0, 0.05) is 11.5 Å². The van der Waals surface area contributed by atoms with E-state index in [1.807, 2.05) is 0 Å². The van der Waals surface area contributed by atoms with Gasteiger partial charge < -0.3 is 4.42 Å². The van der Waals surface area contributed by atoms with Crippen molar-refractivity contribution in [3.63, 3.8) is 0 Å². The van der Waals surface area contributed by atoms with E-state index in [1.165, 1.54) is 5.56 Å². The molecule has 1 aliphatic carbocycles. The summed E-state index contributed by atoms with van der Waals surface area (Å²) in [6.45, 7) is 2.17. The molecule has 0 saturated carbocycles. The van der Waals surface area contributed by atoms with Crippen LogP contribution >= 0.6 is 15.9 Å². The number of furan rings is 1. The lowest BCUT2D eigenvalue weighted by Crippen LogP contribution is -1.86. The van der Waals surface area contributed by atoms with Gasteiger partial charge in [0.1, 0.15) is 12.0 Å². The standard InChI is InChI=1S/C9H9BrO/c1-2-6-3-4-7-8(10)5-11-9(6)7/h3-6H,2H2,1H3. The highest BCUT2D eigenvalue weighted by atomic mass is 79.9. The number of hydrogen-bond acceptors (Lipinski definition) is 1. The second-order valence-corrected chi connectivity index (χ2v) is 3.59. The maximum Gasteiger partial charge on any atom is 0.118 e. The smallest absolute Gasteiger partial charge is 0.118 e. The largest absolute Gasteiger partial charge is 0.467 e. The Morgan fingerprint density at radius 3 is 3.18 bits per heavy atom. The molecule has 1 nitrogen and oxygen atoms in total. The fourth-order valence-electron chi connectivity index (χ4n) is 1.43. The Morgan fingerprint density at radius 2 is 2.45 bits per heavy atom. The van der Waals surface area contributed by atoms with E-state index in [9.17, 15) is 0 Å². The van der Waals surface area contributed by atoms with Gasteiger partial charge in [-0.3, -0.25) is 0 Å². The number of rotatable bonds is 1. The van der Waals surface area contributed by atoms with Crippen LogP contribution in [0.3, 0.4) is 0 Å². The Balaban J connectivity index is 2.48. The SMILES string of the molecule is CCC1C=Cc2c(Br)coc21. The van der Waals surface area contributed by atoms with Crippen LogP contribution in [0.1, 0.15) is 30.6 Å². The highest BCUT2D eigenvalue weighted by molar-refractivity contribution is 9.10. The van der Waals surface area contributed by atoms with Crippen molar-refractivity contribution < 1.29 is 4.42 Å². The molecular formula is C9H9BrO. The third kappa shape index (κ3) is 0.968. The highest BCUT2D eigenvalue weighted by Crippen LogP contribution is 2.37. The molecular weight excluding hydrogens is 204 g/mol. The lowest BCUT2D eigenvalue weighted by Gasteiger charge is -2.00. The zero-order valence-electron chi connectivity index (χ0n) is 6.30. The first kappa shape index (κ1) is 7.17. The fraction of sp³-hybridized carbons (Fsp3) is 0.333. The summed E-state index contributed by atoms with van der Waals surface area (Å²) >= 11 is 3.43. The minimum atomic E-state index is 0.497. The van der Waals surface area contributed by atoms with Crippen LogP contribution in [0, 0.1) is 0 Å². The minimum absolute atomic E-state index is 0.497. The molecule has 1 aliphatic rings. The van der Waals surface area contributed by atoms with Crippen molar-refractivity contribution in [1.29, 1.82) is 0 Å². The molecule has 0 saturated heterocycles. The van der Waals surface area contributed by atoms with Crippen molar-refractivity contribution in [3.05, 3.63) is 28.1 Å². The average Bonchev–Trinajstić information content (AvgIpc) is 2.53. The number of fused-ring (bicyclic) bond motifs is 1. The zero-order chi connectivity index (χ0) is 7.84. The molecule has 0 aromatic carbocycles. The molecule has 2 rings (SSSR count). The molecule has 1 unspecified atom stereocenters. The van der Waals surface area contributed by atoms with Crippen LogP contribution in [-0.4, -0.2) is 0 Å². The lowest BCUT2D eigenvalue weighted by atomic mass is 10.1. The first-order valence-corrected chi connectivity index (χ1v) is 4.57. The van der Waals surface area contributed by atoms with Gasteiger partial charge in [0.05, 0.1) is 4.47 Å². The summed E-state index contributed by atoms with van der Waals surface area (Å²) in [6, 6.07) is 0. The Hall–Kier alpha value is -0.500. The number of allylic oxidation sites excluding steroid dienone is 1. The van der Waals surface area contributed by atoms with E-state index < -0.39 is 0 Å². The van der Waals surface area contributed by atoms with E-state index in [4.69, 9.17) is 4.42 Å². The minimum Gasteiger partial charge on any atom is -0.467 e. The molecule has 0 amide bonds. The van der Waals surface area contributed by atoms with Gasteiger partial charge in [-0.25, -0.2) is 0 Å². The van der Waals surface area contributed by atoms with Gasteiger partial charge in [0.15, 0.2) is 0 Å². The van der Waals surface area contributed by atoms with Gasteiger partial charge in [-0.05, 0) is 22.4 Å². The first-order valence-electron chi connectivity index (χ1n) is 3.78. The Labute approximate surface area is 74.2 Å². The normalized spacial score (nSPS) is 20.7. The van der Waals surface area contributed by atoms with Crippen LogP contribution in [0.2, 0.25) is 0 Å². The molecule has 1 aromatic heterocycles. The van der Waals surface area contributed by atoms with Gasteiger partial charge in [-0.1, -0.05) is 19.1 Å². The van der Waals surface area contributed by atoms with Crippen molar-refractivity contribution in [2.24, 2.45) is 0 Å². The van der Waals surface area contributed by atoms with E-state index in [1.54, 1.807) is 6.26 Å². The summed E-state index contributed by atoms with van der Waals surface area (Å²) in [5.74, 6) is 1.61. The number of hydrogen-bond donors (Lipinski definition) is 0. The second kappa shape index (κ2) is 2.52. The monoisotopic (exact) mass is 212 g/mol. The van der Waals surface area contributed by atoms with Crippen molar-refractivity contribution in [2.75, 3.05) is 0 Å². The summed E-state index contributed by atoms with van der Waals surface area (Å²) in [7, 11) is 0. The summed E-state index contributed by atoms with van der Waals surface area (Å²) in [5, 5.41) is 0. The van der Waals surface area contributed by atoms with Crippen molar-refractivity contribution >= 4 is 22.0 Å². The molecule has 0 bridgehead atoms. The van der Waals surface area contributed by atoms with E-state index >= 15 is 0 Å². The molecule has 0 N–H and O–H groups in total.